The molecule has 2 aromatic rings. The van der Waals surface area contributed by atoms with E-state index in [4.69, 9.17) is 13.9 Å². The summed E-state index contributed by atoms with van der Waals surface area (Å²) in [5.41, 5.74) is 3.36. The van der Waals surface area contributed by atoms with Gasteiger partial charge in [-0.05, 0) is 44.4 Å². The number of aryl methyl sites for hydroxylation is 1. The van der Waals surface area contributed by atoms with Crippen LogP contribution in [0, 0.1) is 12.3 Å². The average molecular weight is 356 g/mol. The van der Waals surface area contributed by atoms with Gasteiger partial charge in [0.2, 0.25) is 0 Å². The van der Waals surface area contributed by atoms with Crippen LogP contribution in [0.4, 0.5) is 0 Å². The third kappa shape index (κ3) is 4.00. The molecule has 2 atom stereocenters. The Labute approximate surface area is 155 Å². The van der Waals surface area contributed by atoms with E-state index in [1.54, 1.807) is 6.26 Å². The van der Waals surface area contributed by atoms with Crippen LogP contribution in [0.3, 0.4) is 0 Å². The molecule has 5 nitrogen and oxygen atoms in total. The second kappa shape index (κ2) is 7.91. The molecule has 2 aliphatic heterocycles. The van der Waals surface area contributed by atoms with Crippen LogP contribution in [0.15, 0.2) is 41.2 Å². The normalized spacial score (nSPS) is 26.6. The van der Waals surface area contributed by atoms with Gasteiger partial charge in [-0.15, -0.1) is 0 Å². The third-order valence-corrected chi connectivity index (χ3v) is 5.64. The molecule has 2 fully saturated rings. The van der Waals surface area contributed by atoms with E-state index < -0.39 is 0 Å². The maximum Gasteiger partial charge on any atom is 0.0947 e. The molecule has 0 amide bonds. The Balaban J connectivity index is 1.40. The van der Waals surface area contributed by atoms with Crippen molar-refractivity contribution in [1.29, 1.82) is 0 Å². The van der Waals surface area contributed by atoms with Crippen LogP contribution in [0.2, 0.25) is 0 Å². The van der Waals surface area contributed by atoms with Crippen LogP contribution in [0.25, 0.3) is 0 Å². The molecule has 0 saturated carbocycles. The zero-order chi connectivity index (χ0) is 17.8. The van der Waals surface area contributed by atoms with Gasteiger partial charge in [-0.2, -0.15) is 0 Å². The van der Waals surface area contributed by atoms with Crippen LogP contribution in [0.1, 0.15) is 36.2 Å². The zero-order valence-electron chi connectivity index (χ0n) is 15.5. The van der Waals surface area contributed by atoms with Crippen molar-refractivity contribution in [3.05, 3.63) is 53.7 Å². The highest BCUT2D eigenvalue weighted by Gasteiger charge is 2.46. The number of rotatable bonds is 6. The van der Waals surface area contributed by atoms with Crippen molar-refractivity contribution < 1.29 is 13.9 Å². The summed E-state index contributed by atoms with van der Waals surface area (Å²) in [6.07, 6.45) is 7.25. The van der Waals surface area contributed by atoms with Gasteiger partial charge in [-0.1, -0.05) is 6.07 Å². The standard InChI is InChI=1S/C21H28N2O3/c1-17-4-2-5-19(22-17)14-25-16-21-8-3-10-26-20(21)6-9-23(15-21)12-18-7-11-24-13-18/h2,4-5,7,11,13,20H,3,6,8-10,12,14-16H2,1H3/t20-,21-/m0/s1. The summed E-state index contributed by atoms with van der Waals surface area (Å²) in [6, 6.07) is 8.14. The lowest BCUT2D eigenvalue weighted by Crippen LogP contribution is -2.56. The SMILES string of the molecule is Cc1cccc(COC[C@@]23CCCO[C@H]2CCN(Cc2ccoc2)C3)n1. The molecule has 0 radical (unpaired) electrons. The Morgan fingerprint density at radius 3 is 3.15 bits per heavy atom. The predicted molar refractivity (Wildman–Crippen MR) is 98.6 cm³/mol. The molecule has 140 valence electrons. The molecule has 5 heteroatoms. The van der Waals surface area contributed by atoms with E-state index in [2.05, 4.69) is 16.0 Å². The highest BCUT2D eigenvalue weighted by molar-refractivity contribution is 5.09. The molecule has 0 bridgehead atoms. The summed E-state index contributed by atoms with van der Waals surface area (Å²) >= 11 is 0. The summed E-state index contributed by atoms with van der Waals surface area (Å²) in [6.45, 7) is 7.22. The number of ether oxygens (including phenoxy) is 2. The van der Waals surface area contributed by atoms with Crippen LogP contribution in [-0.4, -0.2) is 42.3 Å². The van der Waals surface area contributed by atoms with E-state index >= 15 is 0 Å². The van der Waals surface area contributed by atoms with E-state index in [-0.39, 0.29) is 5.41 Å². The molecular formula is C21H28N2O3. The molecule has 26 heavy (non-hydrogen) atoms. The Kier molecular flexibility index (Phi) is 5.38. The summed E-state index contributed by atoms with van der Waals surface area (Å²) in [4.78, 5) is 7.06. The summed E-state index contributed by atoms with van der Waals surface area (Å²) in [7, 11) is 0. The molecular weight excluding hydrogens is 328 g/mol. The average Bonchev–Trinajstić information content (AvgIpc) is 3.14. The minimum Gasteiger partial charge on any atom is -0.472 e. The first-order valence-corrected chi connectivity index (χ1v) is 9.59. The van der Waals surface area contributed by atoms with Crippen molar-refractivity contribution in [2.45, 2.75) is 45.4 Å². The van der Waals surface area contributed by atoms with Gasteiger partial charge >= 0.3 is 0 Å². The van der Waals surface area contributed by atoms with Crippen LogP contribution in [-0.2, 0) is 22.6 Å². The molecule has 0 N–H and O–H groups in total. The molecule has 2 aromatic heterocycles. The van der Waals surface area contributed by atoms with Crippen LogP contribution >= 0.6 is 0 Å². The number of hydrogen-bond acceptors (Lipinski definition) is 5. The molecule has 4 rings (SSSR count). The van der Waals surface area contributed by atoms with E-state index in [1.165, 1.54) is 12.0 Å². The number of furan rings is 1. The van der Waals surface area contributed by atoms with Crippen molar-refractivity contribution in [3.8, 4) is 0 Å². The lowest BCUT2D eigenvalue weighted by molar-refractivity contribution is -0.156. The predicted octanol–water partition coefficient (Wildman–Crippen LogP) is 3.57. The van der Waals surface area contributed by atoms with E-state index in [1.807, 2.05) is 31.4 Å². The largest absolute Gasteiger partial charge is 0.472 e. The number of aromatic nitrogens is 1. The second-order valence-electron chi connectivity index (χ2n) is 7.72. The van der Waals surface area contributed by atoms with E-state index in [9.17, 15) is 0 Å². The summed E-state index contributed by atoms with van der Waals surface area (Å²) in [5.74, 6) is 0. The van der Waals surface area contributed by atoms with E-state index in [0.29, 0.717) is 12.7 Å². The first kappa shape index (κ1) is 17.7. The van der Waals surface area contributed by atoms with Gasteiger partial charge in [-0.3, -0.25) is 9.88 Å². The van der Waals surface area contributed by atoms with Crippen molar-refractivity contribution in [1.82, 2.24) is 9.88 Å². The molecule has 0 aliphatic carbocycles. The van der Waals surface area contributed by atoms with Crippen LogP contribution < -0.4 is 0 Å². The number of likely N-dealkylation sites (tertiary alicyclic amines) is 1. The molecule has 0 aromatic carbocycles. The first-order chi connectivity index (χ1) is 12.7. The van der Waals surface area contributed by atoms with Crippen LogP contribution in [0.5, 0.6) is 0 Å². The number of fused-ring (bicyclic) bond motifs is 1. The lowest BCUT2D eigenvalue weighted by Gasteiger charge is -2.50. The third-order valence-electron chi connectivity index (χ3n) is 5.64. The Morgan fingerprint density at radius 1 is 1.35 bits per heavy atom. The highest BCUT2D eigenvalue weighted by atomic mass is 16.5. The van der Waals surface area contributed by atoms with E-state index in [0.717, 1.165) is 57.1 Å². The second-order valence-corrected chi connectivity index (χ2v) is 7.72. The maximum atomic E-state index is 6.17. The Bertz CT molecular complexity index is 703. The number of hydrogen-bond donors (Lipinski definition) is 0. The van der Waals surface area contributed by atoms with Gasteiger partial charge in [-0.25, -0.2) is 0 Å². The first-order valence-electron chi connectivity index (χ1n) is 9.59. The quantitative estimate of drug-likeness (QED) is 0.792. The Hall–Kier alpha value is -1.69. The molecule has 2 aliphatic rings. The van der Waals surface area contributed by atoms with Gasteiger partial charge in [0.15, 0.2) is 0 Å². The van der Waals surface area contributed by atoms with Gasteiger partial charge in [0.25, 0.3) is 0 Å². The molecule has 4 heterocycles. The topological polar surface area (TPSA) is 47.7 Å². The van der Waals surface area contributed by atoms with Gasteiger partial charge < -0.3 is 13.9 Å². The highest BCUT2D eigenvalue weighted by Crippen LogP contribution is 2.41. The number of pyridine rings is 1. The zero-order valence-corrected chi connectivity index (χ0v) is 15.5. The lowest BCUT2D eigenvalue weighted by atomic mass is 9.73. The maximum absolute atomic E-state index is 6.17. The number of nitrogens with zero attached hydrogens (tertiary/aromatic N) is 2. The van der Waals surface area contributed by atoms with Gasteiger partial charge in [0.1, 0.15) is 0 Å². The fourth-order valence-corrected chi connectivity index (χ4v) is 4.41. The van der Waals surface area contributed by atoms with Crippen molar-refractivity contribution >= 4 is 0 Å². The fourth-order valence-electron chi connectivity index (χ4n) is 4.41. The minimum absolute atomic E-state index is 0.0874. The Morgan fingerprint density at radius 2 is 2.31 bits per heavy atom. The summed E-state index contributed by atoms with van der Waals surface area (Å²) < 4.78 is 17.5. The van der Waals surface area contributed by atoms with Crippen molar-refractivity contribution in [3.63, 3.8) is 0 Å². The number of piperidine rings is 1. The smallest absolute Gasteiger partial charge is 0.0947 e. The van der Waals surface area contributed by atoms with Gasteiger partial charge in [0, 0.05) is 42.9 Å². The minimum atomic E-state index is 0.0874. The molecule has 0 unspecified atom stereocenters. The molecule has 0 spiro atoms. The molecule has 2 saturated heterocycles. The summed E-state index contributed by atoms with van der Waals surface area (Å²) in [5, 5.41) is 0. The van der Waals surface area contributed by atoms with Crippen molar-refractivity contribution in [2.24, 2.45) is 5.41 Å². The monoisotopic (exact) mass is 356 g/mol. The fraction of sp³-hybridized carbons (Fsp3) is 0.571. The van der Waals surface area contributed by atoms with Crippen molar-refractivity contribution in [2.75, 3.05) is 26.3 Å². The van der Waals surface area contributed by atoms with Gasteiger partial charge in [0.05, 0.1) is 37.5 Å².